The molecule has 108 valence electrons. The highest BCUT2D eigenvalue weighted by molar-refractivity contribution is 5.22. The Labute approximate surface area is 119 Å². The van der Waals surface area contributed by atoms with Crippen LogP contribution in [0.4, 0.5) is 4.39 Å². The van der Waals surface area contributed by atoms with Gasteiger partial charge in [-0.2, -0.15) is 5.10 Å². The first-order valence-corrected chi connectivity index (χ1v) is 7.23. The number of aryl methyl sites for hydroxylation is 1. The number of nitrogens with zero attached hydrogens (tertiary/aromatic N) is 2. The van der Waals surface area contributed by atoms with E-state index in [1.165, 1.54) is 6.07 Å². The van der Waals surface area contributed by atoms with Crippen LogP contribution in [0.2, 0.25) is 0 Å². The van der Waals surface area contributed by atoms with Crippen molar-refractivity contribution in [2.75, 3.05) is 6.54 Å². The topological polar surface area (TPSA) is 29.9 Å². The molecule has 0 spiro atoms. The highest BCUT2D eigenvalue weighted by Crippen LogP contribution is 2.20. The molecule has 3 nitrogen and oxygen atoms in total. The zero-order valence-electron chi connectivity index (χ0n) is 12.1. The van der Waals surface area contributed by atoms with E-state index in [4.69, 9.17) is 0 Å². The van der Waals surface area contributed by atoms with Crippen molar-refractivity contribution in [1.82, 2.24) is 15.1 Å². The second-order valence-electron chi connectivity index (χ2n) is 4.94. The van der Waals surface area contributed by atoms with Gasteiger partial charge in [-0.1, -0.05) is 32.0 Å². The number of halogens is 1. The lowest BCUT2D eigenvalue weighted by molar-refractivity contribution is 0.526. The largest absolute Gasteiger partial charge is 0.310 e. The van der Waals surface area contributed by atoms with Gasteiger partial charge >= 0.3 is 0 Å². The lowest BCUT2D eigenvalue weighted by Gasteiger charge is -2.16. The van der Waals surface area contributed by atoms with Gasteiger partial charge in [-0.05, 0) is 31.0 Å². The smallest absolute Gasteiger partial charge is 0.126 e. The molecule has 1 atom stereocenters. The summed E-state index contributed by atoms with van der Waals surface area (Å²) in [6.45, 7) is 5.95. The molecule has 0 bridgehead atoms. The average Bonchev–Trinajstić information content (AvgIpc) is 2.90. The molecule has 1 heterocycles. The summed E-state index contributed by atoms with van der Waals surface area (Å²) in [6, 6.07) is 7.06. The summed E-state index contributed by atoms with van der Waals surface area (Å²) in [5.41, 5.74) is 1.85. The summed E-state index contributed by atoms with van der Waals surface area (Å²) in [5, 5.41) is 7.77. The minimum Gasteiger partial charge on any atom is -0.310 e. The lowest BCUT2D eigenvalue weighted by atomic mass is 10.0. The summed E-state index contributed by atoms with van der Waals surface area (Å²) in [7, 11) is 0. The second-order valence-corrected chi connectivity index (χ2v) is 4.94. The normalized spacial score (nSPS) is 12.6. The molecular formula is C16H22FN3. The molecular weight excluding hydrogens is 253 g/mol. The maximum Gasteiger partial charge on any atom is 0.126 e. The van der Waals surface area contributed by atoms with E-state index in [1.807, 2.05) is 23.0 Å². The first kappa shape index (κ1) is 14.7. The number of benzene rings is 1. The Hall–Kier alpha value is -1.68. The fourth-order valence-corrected chi connectivity index (χ4v) is 2.35. The van der Waals surface area contributed by atoms with E-state index < -0.39 is 0 Å². The molecule has 20 heavy (non-hydrogen) atoms. The van der Waals surface area contributed by atoms with E-state index in [0.29, 0.717) is 6.42 Å². The number of hydrogen-bond donors (Lipinski definition) is 1. The quantitative estimate of drug-likeness (QED) is 0.840. The highest BCUT2D eigenvalue weighted by Gasteiger charge is 2.15. The van der Waals surface area contributed by atoms with Gasteiger partial charge < -0.3 is 5.32 Å². The first-order valence-electron chi connectivity index (χ1n) is 7.23. The molecule has 1 unspecified atom stereocenters. The monoisotopic (exact) mass is 275 g/mol. The summed E-state index contributed by atoms with van der Waals surface area (Å²) in [4.78, 5) is 0. The molecule has 1 aromatic heterocycles. The molecule has 1 N–H and O–H groups in total. The van der Waals surface area contributed by atoms with Crippen molar-refractivity contribution in [1.29, 1.82) is 0 Å². The predicted molar refractivity (Wildman–Crippen MR) is 79.0 cm³/mol. The van der Waals surface area contributed by atoms with Crippen molar-refractivity contribution in [2.24, 2.45) is 0 Å². The van der Waals surface area contributed by atoms with E-state index in [2.05, 4.69) is 30.5 Å². The molecule has 0 saturated carbocycles. The third-order valence-corrected chi connectivity index (χ3v) is 3.34. The SMILES string of the molecule is CCCn1cc(C(Cc2ccccc2F)NCC)cn1. The van der Waals surface area contributed by atoms with Crippen molar-refractivity contribution in [3.8, 4) is 0 Å². The fourth-order valence-electron chi connectivity index (χ4n) is 2.35. The van der Waals surface area contributed by atoms with Crippen LogP contribution in [0, 0.1) is 5.82 Å². The standard InChI is InChI=1S/C16H22FN3/c1-3-9-20-12-14(11-19-20)16(18-4-2)10-13-7-5-6-8-15(13)17/h5-8,11-12,16,18H,3-4,9-10H2,1-2H3. The van der Waals surface area contributed by atoms with Crippen LogP contribution < -0.4 is 5.32 Å². The van der Waals surface area contributed by atoms with Crippen LogP contribution in [-0.2, 0) is 13.0 Å². The Morgan fingerprint density at radius 1 is 1.30 bits per heavy atom. The van der Waals surface area contributed by atoms with Gasteiger partial charge in [-0.15, -0.1) is 0 Å². The van der Waals surface area contributed by atoms with Gasteiger partial charge in [0.2, 0.25) is 0 Å². The van der Waals surface area contributed by atoms with E-state index in [0.717, 1.165) is 30.6 Å². The van der Waals surface area contributed by atoms with E-state index >= 15 is 0 Å². The van der Waals surface area contributed by atoms with Crippen LogP contribution in [0.15, 0.2) is 36.7 Å². The average molecular weight is 275 g/mol. The van der Waals surface area contributed by atoms with Crippen molar-refractivity contribution >= 4 is 0 Å². The molecule has 4 heteroatoms. The zero-order valence-corrected chi connectivity index (χ0v) is 12.1. The molecule has 0 aliphatic heterocycles. The van der Waals surface area contributed by atoms with E-state index in [-0.39, 0.29) is 11.9 Å². The van der Waals surface area contributed by atoms with Crippen molar-refractivity contribution in [3.63, 3.8) is 0 Å². The number of hydrogen-bond acceptors (Lipinski definition) is 2. The minimum absolute atomic E-state index is 0.0995. The molecule has 2 aromatic rings. The van der Waals surface area contributed by atoms with Crippen molar-refractivity contribution in [2.45, 2.75) is 39.3 Å². The Balaban J connectivity index is 2.15. The third kappa shape index (κ3) is 3.67. The third-order valence-electron chi connectivity index (χ3n) is 3.34. The van der Waals surface area contributed by atoms with Crippen molar-refractivity contribution < 1.29 is 4.39 Å². The molecule has 0 aliphatic carbocycles. The first-order chi connectivity index (χ1) is 9.74. The molecule has 2 rings (SSSR count). The Kier molecular flexibility index (Phi) is 5.30. The van der Waals surface area contributed by atoms with Crippen molar-refractivity contribution in [3.05, 3.63) is 53.6 Å². The lowest BCUT2D eigenvalue weighted by Crippen LogP contribution is -2.23. The van der Waals surface area contributed by atoms with Gasteiger partial charge in [-0.3, -0.25) is 4.68 Å². The second kappa shape index (κ2) is 7.20. The summed E-state index contributed by atoms with van der Waals surface area (Å²) in [5.74, 6) is -0.142. The Morgan fingerprint density at radius 2 is 2.10 bits per heavy atom. The minimum atomic E-state index is -0.142. The van der Waals surface area contributed by atoms with Crippen LogP contribution in [0.1, 0.15) is 37.4 Å². The molecule has 0 amide bonds. The van der Waals surface area contributed by atoms with Crippen LogP contribution >= 0.6 is 0 Å². The number of aromatic nitrogens is 2. The summed E-state index contributed by atoms with van der Waals surface area (Å²) in [6.07, 6.45) is 5.63. The number of rotatable bonds is 7. The van der Waals surface area contributed by atoms with Gasteiger partial charge in [-0.25, -0.2) is 4.39 Å². The van der Waals surface area contributed by atoms with Crippen LogP contribution in [0.3, 0.4) is 0 Å². The van der Waals surface area contributed by atoms with E-state index in [9.17, 15) is 4.39 Å². The molecule has 0 aliphatic rings. The van der Waals surface area contributed by atoms with Crippen LogP contribution in [-0.4, -0.2) is 16.3 Å². The van der Waals surface area contributed by atoms with Crippen LogP contribution in [0.25, 0.3) is 0 Å². The maximum absolute atomic E-state index is 13.8. The van der Waals surface area contributed by atoms with E-state index in [1.54, 1.807) is 6.07 Å². The zero-order chi connectivity index (χ0) is 14.4. The maximum atomic E-state index is 13.8. The molecule has 0 fully saturated rings. The van der Waals surface area contributed by atoms with Gasteiger partial charge in [0.15, 0.2) is 0 Å². The summed E-state index contributed by atoms with van der Waals surface area (Å²) < 4.78 is 15.7. The Morgan fingerprint density at radius 3 is 2.80 bits per heavy atom. The van der Waals surface area contributed by atoms with Crippen LogP contribution in [0.5, 0.6) is 0 Å². The van der Waals surface area contributed by atoms with Gasteiger partial charge in [0.05, 0.1) is 6.20 Å². The summed E-state index contributed by atoms with van der Waals surface area (Å²) >= 11 is 0. The van der Waals surface area contributed by atoms with Gasteiger partial charge in [0, 0.05) is 24.3 Å². The van der Waals surface area contributed by atoms with Gasteiger partial charge in [0.1, 0.15) is 5.82 Å². The molecule has 0 radical (unpaired) electrons. The Bertz CT molecular complexity index is 536. The van der Waals surface area contributed by atoms with Gasteiger partial charge in [0.25, 0.3) is 0 Å². The fraction of sp³-hybridized carbons (Fsp3) is 0.438. The molecule has 0 saturated heterocycles. The number of likely N-dealkylation sites (N-methyl/N-ethyl adjacent to an activating group) is 1. The highest BCUT2D eigenvalue weighted by atomic mass is 19.1. The molecule has 1 aromatic carbocycles. The predicted octanol–water partition coefficient (Wildman–Crippen LogP) is 3.33. The number of nitrogens with one attached hydrogen (secondary N) is 1.